The van der Waals surface area contributed by atoms with Gasteiger partial charge in [-0.15, -0.1) is 0 Å². The molecule has 1 aliphatic rings. The van der Waals surface area contributed by atoms with Crippen LogP contribution in [0.1, 0.15) is 33.1 Å². The Morgan fingerprint density at radius 2 is 2.12 bits per heavy atom. The molecular weight excluding hydrogens is 216 g/mol. The van der Waals surface area contributed by atoms with Crippen molar-refractivity contribution in [3.05, 3.63) is 12.2 Å². The summed E-state index contributed by atoms with van der Waals surface area (Å²) in [4.78, 5) is 11.7. The normalized spacial score (nSPS) is 28.5. The Labute approximate surface area is 100 Å². The van der Waals surface area contributed by atoms with Crippen molar-refractivity contribution in [2.24, 2.45) is 0 Å². The SMILES string of the molecule is C=C(C)C(=O)OC1(CC)CCC[Si](C)(C)C1. The van der Waals surface area contributed by atoms with E-state index >= 15 is 0 Å². The summed E-state index contributed by atoms with van der Waals surface area (Å²) in [6.07, 6.45) is 3.16. The molecule has 1 atom stereocenters. The predicted octanol–water partition coefficient (Wildman–Crippen LogP) is 3.76. The molecule has 1 rings (SSSR count). The molecule has 0 aromatic carbocycles. The first-order chi connectivity index (χ1) is 7.30. The molecule has 1 aliphatic heterocycles. The molecule has 1 saturated heterocycles. The van der Waals surface area contributed by atoms with Gasteiger partial charge in [0.15, 0.2) is 0 Å². The van der Waals surface area contributed by atoms with Crippen molar-refractivity contribution >= 4 is 14.0 Å². The number of ether oxygens (including phenoxy) is 1. The minimum atomic E-state index is -1.16. The summed E-state index contributed by atoms with van der Waals surface area (Å²) in [6, 6.07) is 2.47. The molecule has 0 aromatic heterocycles. The molecule has 0 amide bonds. The van der Waals surface area contributed by atoms with Gasteiger partial charge in [-0.1, -0.05) is 39.1 Å². The molecule has 0 radical (unpaired) electrons. The largest absolute Gasteiger partial charge is 0.456 e. The third-order valence-corrected chi connectivity index (χ3v) is 6.90. The number of rotatable bonds is 3. The quantitative estimate of drug-likeness (QED) is 0.426. The van der Waals surface area contributed by atoms with E-state index in [1.165, 1.54) is 12.5 Å². The number of hydrogen-bond acceptors (Lipinski definition) is 2. The number of carbonyl (C=O) groups excluding carboxylic acids is 1. The van der Waals surface area contributed by atoms with E-state index in [1.54, 1.807) is 6.92 Å². The highest BCUT2D eigenvalue weighted by atomic mass is 28.3. The Kier molecular flexibility index (Phi) is 4.00. The molecule has 0 bridgehead atoms. The standard InChI is InChI=1S/C13H24O2Si/c1-6-13(15-12(14)11(2)3)8-7-9-16(4,5)10-13/h2,6-10H2,1,3-5H3. The molecule has 2 nitrogen and oxygen atoms in total. The van der Waals surface area contributed by atoms with Gasteiger partial charge >= 0.3 is 5.97 Å². The highest BCUT2D eigenvalue weighted by Crippen LogP contribution is 2.40. The third kappa shape index (κ3) is 3.21. The van der Waals surface area contributed by atoms with E-state index in [4.69, 9.17) is 4.74 Å². The summed E-state index contributed by atoms with van der Waals surface area (Å²) >= 11 is 0. The van der Waals surface area contributed by atoms with Gasteiger partial charge in [-0.25, -0.2) is 4.79 Å². The lowest BCUT2D eigenvalue weighted by Gasteiger charge is -2.43. The van der Waals surface area contributed by atoms with Crippen LogP contribution in [0, 0.1) is 0 Å². The van der Waals surface area contributed by atoms with Gasteiger partial charge in [0.05, 0.1) is 8.07 Å². The van der Waals surface area contributed by atoms with Crippen LogP contribution in [0.5, 0.6) is 0 Å². The van der Waals surface area contributed by atoms with E-state index in [2.05, 4.69) is 26.6 Å². The smallest absolute Gasteiger partial charge is 0.333 e. The van der Waals surface area contributed by atoms with Crippen LogP contribution in [0.25, 0.3) is 0 Å². The van der Waals surface area contributed by atoms with Gasteiger partial charge in [-0.3, -0.25) is 0 Å². The Bertz CT molecular complexity index is 296. The average Bonchev–Trinajstić information content (AvgIpc) is 2.16. The van der Waals surface area contributed by atoms with Gasteiger partial charge in [0.25, 0.3) is 0 Å². The van der Waals surface area contributed by atoms with Crippen LogP contribution < -0.4 is 0 Å². The lowest BCUT2D eigenvalue weighted by molar-refractivity contribution is -0.154. The van der Waals surface area contributed by atoms with Crippen LogP contribution in [0.15, 0.2) is 12.2 Å². The summed E-state index contributed by atoms with van der Waals surface area (Å²) in [5, 5.41) is 0. The van der Waals surface area contributed by atoms with Crippen LogP contribution >= 0.6 is 0 Å². The van der Waals surface area contributed by atoms with E-state index in [0.717, 1.165) is 18.9 Å². The second-order valence-electron chi connectivity index (χ2n) is 5.90. The fraction of sp³-hybridized carbons (Fsp3) is 0.769. The first-order valence-electron chi connectivity index (χ1n) is 6.19. The average molecular weight is 240 g/mol. The van der Waals surface area contributed by atoms with Crippen molar-refractivity contribution in [2.45, 2.75) is 63.9 Å². The van der Waals surface area contributed by atoms with Gasteiger partial charge in [0.2, 0.25) is 0 Å². The first-order valence-corrected chi connectivity index (χ1v) is 9.61. The van der Waals surface area contributed by atoms with Gasteiger partial charge in [-0.05, 0) is 25.8 Å². The number of esters is 1. The minimum Gasteiger partial charge on any atom is -0.456 e. The van der Waals surface area contributed by atoms with Gasteiger partial charge in [0.1, 0.15) is 5.60 Å². The molecule has 16 heavy (non-hydrogen) atoms. The molecule has 92 valence electrons. The van der Waals surface area contributed by atoms with E-state index in [9.17, 15) is 4.79 Å². The Morgan fingerprint density at radius 3 is 2.56 bits per heavy atom. The van der Waals surface area contributed by atoms with Crippen LogP contribution in [-0.2, 0) is 9.53 Å². The Morgan fingerprint density at radius 1 is 1.50 bits per heavy atom. The molecule has 0 saturated carbocycles. The molecule has 0 aromatic rings. The highest BCUT2D eigenvalue weighted by molar-refractivity contribution is 6.77. The summed E-state index contributed by atoms with van der Waals surface area (Å²) in [5.41, 5.74) is 0.321. The van der Waals surface area contributed by atoms with Gasteiger partial charge < -0.3 is 4.74 Å². The van der Waals surface area contributed by atoms with Gasteiger partial charge in [0, 0.05) is 5.57 Å². The minimum absolute atomic E-state index is 0.190. The van der Waals surface area contributed by atoms with Crippen molar-refractivity contribution in [1.82, 2.24) is 0 Å². The zero-order valence-corrected chi connectivity index (χ0v) is 12.1. The molecule has 1 heterocycles. The lowest BCUT2D eigenvalue weighted by atomic mass is 9.96. The number of hydrogen-bond donors (Lipinski definition) is 0. The molecule has 0 aliphatic carbocycles. The lowest BCUT2D eigenvalue weighted by Crippen LogP contribution is -2.46. The summed E-state index contributed by atoms with van der Waals surface area (Å²) in [6.45, 7) is 12.3. The Balaban J connectivity index is 2.77. The van der Waals surface area contributed by atoms with E-state index in [0.29, 0.717) is 5.57 Å². The predicted molar refractivity (Wildman–Crippen MR) is 70.3 cm³/mol. The molecule has 0 spiro atoms. The highest BCUT2D eigenvalue weighted by Gasteiger charge is 2.42. The van der Waals surface area contributed by atoms with Crippen LogP contribution in [0.4, 0.5) is 0 Å². The third-order valence-electron chi connectivity index (χ3n) is 3.59. The van der Waals surface area contributed by atoms with Crippen molar-refractivity contribution in [3.8, 4) is 0 Å². The second-order valence-corrected chi connectivity index (χ2v) is 11.1. The maximum absolute atomic E-state index is 11.7. The summed E-state index contributed by atoms with van der Waals surface area (Å²) < 4.78 is 5.72. The molecule has 0 N–H and O–H groups in total. The van der Waals surface area contributed by atoms with E-state index in [-0.39, 0.29) is 11.6 Å². The monoisotopic (exact) mass is 240 g/mol. The van der Waals surface area contributed by atoms with E-state index < -0.39 is 8.07 Å². The van der Waals surface area contributed by atoms with E-state index in [1.807, 2.05) is 0 Å². The van der Waals surface area contributed by atoms with Crippen molar-refractivity contribution in [1.29, 1.82) is 0 Å². The van der Waals surface area contributed by atoms with Gasteiger partial charge in [-0.2, -0.15) is 0 Å². The van der Waals surface area contributed by atoms with Crippen LogP contribution in [-0.4, -0.2) is 19.6 Å². The fourth-order valence-electron chi connectivity index (χ4n) is 2.68. The van der Waals surface area contributed by atoms with Crippen molar-refractivity contribution in [3.63, 3.8) is 0 Å². The van der Waals surface area contributed by atoms with Crippen molar-refractivity contribution < 1.29 is 9.53 Å². The second kappa shape index (κ2) is 4.74. The zero-order valence-electron chi connectivity index (χ0n) is 11.1. The molecule has 3 heteroatoms. The first kappa shape index (κ1) is 13.5. The van der Waals surface area contributed by atoms with Crippen molar-refractivity contribution in [2.75, 3.05) is 0 Å². The summed E-state index contributed by atoms with van der Waals surface area (Å²) in [7, 11) is -1.16. The van der Waals surface area contributed by atoms with Crippen LogP contribution in [0.3, 0.4) is 0 Å². The summed E-state index contributed by atoms with van der Waals surface area (Å²) in [5.74, 6) is -0.214. The molecular formula is C13H24O2Si. The maximum atomic E-state index is 11.7. The Hall–Kier alpha value is -0.573. The topological polar surface area (TPSA) is 26.3 Å². The number of carbonyl (C=O) groups is 1. The molecule has 1 fully saturated rings. The zero-order chi connectivity index (χ0) is 12.4. The fourth-order valence-corrected chi connectivity index (χ4v) is 6.24. The maximum Gasteiger partial charge on any atom is 0.333 e. The molecule has 1 unspecified atom stereocenters. The van der Waals surface area contributed by atoms with Crippen LogP contribution in [0.2, 0.25) is 25.2 Å².